The highest BCUT2D eigenvalue weighted by Gasteiger charge is 2.38. The van der Waals surface area contributed by atoms with Crippen LogP contribution in [0.15, 0.2) is 18.2 Å². The minimum absolute atomic E-state index is 0.0353. The Morgan fingerprint density at radius 1 is 1.35 bits per heavy atom. The number of hydrogen-bond donors (Lipinski definition) is 0. The van der Waals surface area contributed by atoms with Crippen molar-refractivity contribution in [3.05, 3.63) is 39.4 Å². The van der Waals surface area contributed by atoms with Gasteiger partial charge in [-0.2, -0.15) is 5.26 Å². The molecule has 0 radical (unpaired) electrons. The first kappa shape index (κ1) is 16.1. The van der Waals surface area contributed by atoms with Crippen LogP contribution >= 0.6 is 0 Å². The molecule has 1 aromatic carbocycles. The van der Waals surface area contributed by atoms with Crippen molar-refractivity contribution in [2.45, 2.75) is 6.42 Å². The number of nitro groups is 1. The summed E-state index contributed by atoms with van der Waals surface area (Å²) in [5.41, 5.74) is -0.353. The fourth-order valence-electron chi connectivity index (χ4n) is 2.13. The summed E-state index contributed by atoms with van der Waals surface area (Å²) in [4.78, 5) is 48.4. The standard InChI is InChI=1S/C14H12N4O5/c1-16(6-2-5-15)12(19)8-17-13(20)10-4-3-9(18(22)23)7-11(10)14(17)21/h3-4,7H,2,6,8H2,1H3. The summed E-state index contributed by atoms with van der Waals surface area (Å²) in [5.74, 6) is -1.90. The summed E-state index contributed by atoms with van der Waals surface area (Å²) in [6.07, 6.45) is 0.135. The van der Waals surface area contributed by atoms with Gasteiger partial charge in [0.2, 0.25) is 5.91 Å². The maximum Gasteiger partial charge on any atom is 0.270 e. The van der Waals surface area contributed by atoms with Crippen molar-refractivity contribution in [3.63, 3.8) is 0 Å². The first-order chi connectivity index (χ1) is 10.9. The van der Waals surface area contributed by atoms with Crippen LogP contribution in [-0.2, 0) is 4.79 Å². The van der Waals surface area contributed by atoms with E-state index in [0.29, 0.717) is 0 Å². The van der Waals surface area contributed by atoms with Crippen LogP contribution in [0.1, 0.15) is 27.1 Å². The molecule has 0 aromatic heterocycles. The average molecular weight is 316 g/mol. The molecule has 0 fully saturated rings. The second kappa shape index (κ2) is 6.23. The number of rotatable bonds is 5. The van der Waals surface area contributed by atoms with Crippen molar-refractivity contribution in [1.82, 2.24) is 9.80 Å². The molecule has 9 nitrogen and oxygen atoms in total. The summed E-state index contributed by atoms with van der Waals surface area (Å²) >= 11 is 0. The Bertz CT molecular complexity index is 752. The smallest absolute Gasteiger partial charge is 0.270 e. The van der Waals surface area contributed by atoms with Crippen LogP contribution in [0.2, 0.25) is 0 Å². The number of nitro benzene ring substituents is 1. The molecule has 23 heavy (non-hydrogen) atoms. The number of hydrogen-bond acceptors (Lipinski definition) is 6. The number of fused-ring (bicyclic) bond motifs is 1. The number of nitrogens with zero attached hydrogens (tertiary/aromatic N) is 4. The molecule has 0 spiro atoms. The fraction of sp³-hybridized carbons (Fsp3) is 0.286. The third-order valence-corrected chi connectivity index (χ3v) is 3.44. The molecule has 0 atom stereocenters. The molecule has 0 saturated heterocycles. The maximum absolute atomic E-state index is 12.2. The van der Waals surface area contributed by atoms with Crippen LogP contribution in [0.25, 0.3) is 0 Å². The second-order valence-corrected chi connectivity index (χ2v) is 4.91. The highest BCUT2D eigenvalue weighted by atomic mass is 16.6. The molecular formula is C14H12N4O5. The van der Waals surface area contributed by atoms with E-state index in [1.165, 1.54) is 18.0 Å². The molecule has 2 rings (SSSR count). The van der Waals surface area contributed by atoms with Crippen LogP contribution in [0, 0.1) is 21.4 Å². The minimum Gasteiger partial charge on any atom is -0.343 e. The van der Waals surface area contributed by atoms with Crippen LogP contribution in [0.4, 0.5) is 5.69 Å². The SMILES string of the molecule is CN(CCC#N)C(=O)CN1C(=O)c2ccc([N+](=O)[O-])cc2C1=O. The van der Waals surface area contributed by atoms with E-state index in [0.717, 1.165) is 17.0 Å². The van der Waals surface area contributed by atoms with Gasteiger partial charge in [-0.15, -0.1) is 0 Å². The molecular weight excluding hydrogens is 304 g/mol. The molecule has 3 amide bonds. The molecule has 0 bridgehead atoms. The van der Waals surface area contributed by atoms with E-state index >= 15 is 0 Å². The molecule has 0 unspecified atom stereocenters. The largest absolute Gasteiger partial charge is 0.343 e. The van der Waals surface area contributed by atoms with Gasteiger partial charge in [0.1, 0.15) is 6.54 Å². The summed E-state index contributed by atoms with van der Waals surface area (Å²) in [6.45, 7) is -0.286. The van der Waals surface area contributed by atoms with E-state index in [1.807, 2.05) is 6.07 Å². The quantitative estimate of drug-likeness (QED) is 0.444. The van der Waals surface area contributed by atoms with E-state index in [1.54, 1.807) is 0 Å². The van der Waals surface area contributed by atoms with Gasteiger partial charge in [0, 0.05) is 25.7 Å². The molecule has 1 aliphatic heterocycles. The molecule has 118 valence electrons. The van der Waals surface area contributed by atoms with Crippen molar-refractivity contribution in [2.24, 2.45) is 0 Å². The number of carbonyl (C=O) groups is 3. The average Bonchev–Trinajstić information content (AvgIpc) is 2.77. The summed E-state index contributed by atoms with van der Waals surface area (Å²) < 4.78 is 0. The predicted octanol–water partition coefficient (Wildman–Crippen LogP) is 0.563. The Morgan fingerprint density at radius 3 is 2.61 bits per heavy atom. The monoisotopic (exact) mass is 316 g/mol. The number of non-ortho nitro benzene ring substituents is 1. The summed E-state index contributed by atoms with van der Waals surface area (Å²) in [6, 6.07) is 5.26. The van der Waals surface area contributed by atoms with Gasteiger partial charge < -0.3 is 4.90 Å². The molecule has 1 aliphatic rings. The topological polar surface area (TPSA) is 125 Å². The van der Waals surface area contributed by atoms with Gasteiger partial charge in [0.15, 0.2) is 0 Å². The van der Waals surface area contributed by atoms with Crippen LogP contribution in [0.5, 0.6) is 0 Å². The van der Waals surface area contributed by atoms with E-state index in [2.05, 4.69) is 0 Å². The zero-order chi connectivity index (χ0) is 17.1. The Balaban J connectivity index is 2.19. The maximum atomic E-state index is 12.2. The molecule has 1 aromatic rings. The first-order valence-electron chi connectivity index (χ1n) is 6.62. The first-order valence-corrected chi connectivity index (χ1v) is 6.62. The van der Waals surface area contributed by atoms with Crippen molar-refractivity contribution in [3.8, 4) is 6.07 Å². The summed E-state index contributed by atoms with van der Waals surface area (Å²) in [7, 11) is 1.46. The van der Waals surface area contributed by atoms with E-state index < -0.39 is 29.2 Å². The van der Waals surface area contributed by atoms with Crippen LogP contribution in [-0.4, -0.2) is 52.6 Å². The number of amides is 3. The third kappa shape index (κ3) is 3.01. The number of benzene rings is 1. The van der Waals surface area contributed by atoms with Crippen molar-refractivity contribution >= 4 is 23.4 Å². The van der Waals surface area contributed by atoms with Gasteiger partial charge in [-0.1, -0.05) is 0 Å². The highest BCUT2D eigenvalue weighted by Crippen LogP contribution is 2.26. The Kier molecular flexibility index (Phi) is 4.36. The van der Waals surface area contributed by atoms with Gasteiger partial charge in [-0.3, -0.25) is 29.4 Å². The lowest BCUT2D eigenvalue weighted by Gasteiger charge is -2.19. The van der Waals surface area contributed by atoms with E-state index in [4.69, 9.17) is 5.26 Å². The van der Waals surface area contributed by atoms with Crippen molar-refractivity contribution in [2.75, 3.05) is 20.1 Å². The number of likely N-dealkylation sites (N-methyl/N-ethyl adjacent to an activating group) is 1. The van der Waals surface area contributed by atoms with Gasteiger partial charge in [0.05, 0.1) is 28.5 Å². The number of imide groups is 1. The molecule has 9 heteroatoms. The normalized spacial score (nSPS) is 12.8. The Morgan fingerprint density at radius 2 is 2.00 bits per heavy atom. The van der Waals surface area contributed by atoms with Gasteiger partial charge in [-0.05, 0) is 6.07 Å². The predicted molar refractivity (Wildman–Crippen MR) is 76.3 cm³/mol. The zero-order valence-electron chi connectivity index (χ0n) is 12.2. The highest BCUT2D eigenvalue weighted by molar-refractivity contribution is 6.22. The number of nitriles is 1. The number of carbonyl (C=O) groups excluding carboxylic acids is 3. The minimum atomic E-state index is -0.740. The lowest BCUT2D eigenvalue weighted by Crippen LogP contribution is -2.41. The molecule has 1 heterocycles. The fourth-order valence-corrected chi connectivity index (χ4v) is 2.13. The van der Waals surface area contributed by atoms with Crippen LogP contribution in [0.3, 0.4) is 0 Å². The molecule has 0 N–H and O–H groups in total. The lowest BCUT2D eigenvalue weighted by molar-refractivity contribution is -0.384. The summed E-state index contributed by atoms with van der Waals surface area (Å²) in [5, 5.41) is 19.2. The van der Waals surface area contributed by atoms with Gasteiger partial charge >= 0.3 is 0 Å². The van der Waals surface area contributed by atoms with Crippen molar-refractivity contribution in [1.29, 1.82) is 5.26 Å². The second-order valence-electron chi connectivity index (χ2n) is 4.91. The van der Waals surface area contributed by atoms with Crippen LogP contribution < -0.4 is 0 Å². The van der Waals surface area contributed by atoms with E-state index in [9.17, 15) is 24.5 Å². The van der Waals surface area contributed by atoms with E-state index in [-0.39, 0.29) is 29.8 Å². The zero-order valence-corrected chi connectivity index (χ0v) is 12.2. The molecule has 0 aliphatic carbocycles. The lowest BCUT2D eigenvalue weighted by atomic mass is 10.1. The van der Waals surface area contributed by atoms with Gasteiger partial charge in [-0.25, -0.2) is 0 Å². The Hall–Kier alpha value is -3.28. The molecule has 0 saturated carbocycles. The van der Waals surface area contributed by atoms with Crippen molar-refractivity contribution < 1.29 is 19.3 Å². The third-order valence-electron chi connectivity index (χ3n) is 3.44. The van der Waals surface area contributed by atoms with Gasteiger partial charge in [0.25, 0.3) is 17.5 Å². The Labute approximate surface area is 130 Å².